The van der Waals surface area contributed by atoms with Gasteiger partial charge in [0, 0.05) is 17.7 Å². The van der Waals surface area contributed by atoms with E-state index < -0.39 is 9.84 Å². The Morgan fingerprint density at radius 1 is 0.929 bits per heavy atom. The molecule has 0 amide bonds. The van der Waals surface area contributed by atoms with Crippen LogP contribution in [0.4, 0.5) is 0 Å². The fourth-order valence-electron chi connectivity index (χ4n) is 4.70. The Hall–Kier alpha value is -1.60. The number of allylic oxidation sites excluding steroid dienone is 8. The topological polar surface area (TPSA) is 57.9 Å². The fourth-order valence-corrected chi connectivity index (χ4v) is 5.83. The predicted octanol–water partition coefficient (Wildman–Crippen LogP) is 5.53. The van der Waals surface area contributed by atoms with Crippen molar-refractivity contribution in [3.63, 3.8) is 0 Å². The van der Waals surface area contributed by atoms with E-state index in [1.807, 2.05) is 0 Å². The van der Waals surface area contributed by atoms with Crippen LogP contribution in [0.15, 0.2) is 48.1 Å². The van der Waals surface area contributed by atoms with Gasteiger partial charge in [-0.2, -0.15) is 5.26 Å². The second kappa shape index (κ2) is 9.74. The summed E-state index contributed by atoms with van der Waals surface area (Å²) in [6.07, 6.45) is 26.5. The first-order chi connectivity index (χ1) is 13.5. The number of sulfone groups is 1. The van der Waals surface area contributed by atoms with E-state index in [4.69, 9.17) is 0 Å². The van der Waals surface area contributed by atoms with Gasteiger partial charge in [0.2, 0.25) is 0 Å². The summed E-state index contributed by atoms with van der Waals surface area (Å²) in [5.41, 5.74) is 0.939. The Labute approximate surface area is 170 Å². The maximum absolute atomic E-state index is 11.7. The molecule has 0 aromatic carbocycles. The minimum absolute atomic E-state index is 0.125. The minimum Gasteiger partial charge on any atom is -0.229 e. The lowest BCUT2D eigenvalue weighted by Gasteiger charge is -2.26. The lowest BCUT2D eigenvalue weighted by molar-refractivity contribution is 0.413. The molecule has 0 aliphatic heterocycles. The Kier molecular flexibility index (Phi) is 7.35. The van der Waals surface area contributed by atoms with Gasteiger partial charge in [0.25, 0.3) is 0 Å². The van der Waals surface area contributed by atoms with Crippen molar-refractivity contribution >= 4 is 9.84 Å². The molecular formula is C24H33NO2S. The van der Waals surface area contributed by atoms with Crippen LogP contribution >= 0.6 is 0 Å². The van der Waals surface area contributed by atoms with Gasteiger partial charge in [0.15, 0.2) is 0 Å². The highest BCUT2D eigenvalue weighted by atomic mass is 32.2. The van der Waals surface area contributed by atoms with Crippen molar-refractivity contribution in [2.75, 3.05) is 6.26 Å². The molecule has 0 saturated heterocycles. The van der Waals surface area contributed by atoms with Crippen molar-refractivity contribution < 1.29 is 8.42 Å². The summed E-state index contributed by atoms with van der Waals surface area (Å²) in [5.74, 6) is 1.83. The van der Waals surface area contributed by atoms with E-state index in [1.54, 1.807) is 0 Å². The Morgan fingerprint density at radius 3 is 2.14 bits per heavy atom. The molecule has 28 heavy (non-hydrogen) atoms. The highest BCUT2D eigenvalue weighted by Gasteiger charge is 2.26. The summed E-state index contributed by atoms with van der Waals surface area (Å²) in [6.45, 7) is 0. The SMILES string of the molecule is CS(=O)(=O)C1CCC(/C=C\C2C=CC(/C=C\C3CCCC=C3C#N)CC2)CC1. The standard InChI is InChI=1S/C24H33NO2S/c1-28(26,27)24-16-13-21(14-17-24)11-8-19-6-9-20(10-7-19)12-15-22-4-2-3-5-23(22)18-25/h5-6,8-9,11-12,15,19-22,24H,2-4,7,10,13-14,16-17H2,1H3/b11-8-,15-12-. The average molecular weight is 400 g/mol. The van der Waals surface area contributed by atoms with Gasteiger partial charge >= 0.3 is 0 Å². The number of rotatable bonds is 5. The maximum atomic E-state index is 11.7. The molecular weight excluding hydrogens is 366 g/mol. The van der Waals surface area contributed by atoms with E-state index in [9.17, 15) is 13.7 Å². The quantitative estimate of drug-likeness (QED) is 0.571. The summed E-state index contributed by atoms with van der Waals surface area (Å²) in [6, 6.07) is 2.36. The third-order valence-corrected chi connectivity index (χ3v) is 8.28. The molecule has 0 heterocycles. The molecule has 0 spiro atoms. The van der Waals surface area contributed by atoms with Crippen molar-refractivity contribution in [1.29, 1.82) is 5.26 Å². The third kappa shape index (κ3) is 5.95. The van der Waals surface area contributed by atoms with Gasteiger partial charge in [-0.05, 0) is 75.5 Å². The minimum atomic E-state index is -2.87. The van der Waals surface area contributed by atoms with Gasteiger partial charge in [0.1, 0.15) is 9.84 Å². The number of hydrogen-bond acceptors (Lipinski definition) is 3. The van der Waals surface area contributed by atoms with Gasteiger partial charge in [-0.1, -0.05) is 42.5 Å². The van der Waals surface area contributed by atoms with Gasteiger partial charge in [-0.15, -0.1) is 0 Å². The molecule has 3 atom stereocenters. The molecule has 0 N–H and O–H groups in total. The van der Waals surface area contributed by atoms with Crippen LogP contribution < -0.4 is 0 Å². The summed E-state index contributed by atoms with van der Waals surface area (Å²) in [5, 5.41) is 9.13. The molecule has 0 radical (unpaired) electrons. The first-order valence-corrected chi connectivity index (χ1v) is 12.7. The highest BCUT2D eigenvalue weighted by molar-refractivity contribution is 7.91. The molecule has 3 nitrogen and oxygen atoms in total. The number of nitriles is 1. The zero-order chi connectivity index (χ0) is 20.0. The largest absolute Gasteiger partial charge is 0.229 e. The van der Waals surface area contributed by atoms with Crippen molar-refractivity contribution in [3.05, 3.63) is 48.1 Å². The van der Waals surface area contributed by atoms with Crippen LogP contribution in [0.1, 0.15) is 57.8 Å². The lowest BCUT2D eigenvalue weighted by atomic mass is 9.83. The summed E-state index contributed by atoms with van der Waals surface area (Å²) < 4.78 is 23.3. The summed E-state index contributed by atoms with van der Waals surface area (Å²) in [7, 11) is -2.87. The lowest BCUT2D eigenvalue weighted by Crippen LogP contribution is -2.25. The first-order valence-electron chi connectivity index (χ1n) is 10.8. The molecule has 1 saturated carbocycles. The Bertz CT molecular complexity index is 789. The first kappa shape index (κ1) is 21.1. The Balaban J connectivity index is 1.46. The molecule has 0 aromatic rings. The van der Waals surface area contributed by atoms with Crippen LogP contribution in [0.3, 0.4) is 0 Å². The molecule has 0 aromatic heterocycles. The van der Waals surface area contributed by atoms with E-state index in [2.05, 4.69) is 48.6 Å². The smallest absolute Gasteiger partial charge is 0.150 e. The van der Waals surface area contributed by atoms with Crippen LogP contribution in [-0.2, 0) is 9.84 Å². The molecule has 4 heteroatoms. The second-order valence-electron chi connectivity index (χ2n) is 8.73. The van der Waals surface area contributed by atoms with E-state index in [1.165, 1.54) is 12.7 Å². The molecule has 152 valence electrons. The van der Waals surface area contributed by atoms with Crippen LogP contribution in [-0.4, -0.2) is 19.9 Å². The maximum Gasteiger partial charge on any atom is 0.150 e. The normalized spacial score (nSPS) is 34.4. The van der Waals surface area contributed by atoms with Gasteiger partial charge < -0.3 is 0 Å². The zero-order valence-electron chi connectivity index (χ0n) is 17.0. The second-order valence-corrected chi connectivity index (χ2v) is 11.1. The monoisotopic (exact) mass is 399 g/mol. The van der Waals surface area contributed by atoms with Crippen molar-refractivity contribution in [2.24, 2.45) is 23.7 Å². The van der Waals surface area contributed by atoms with Crippen molar-refractivity contribution in [3.8, 4) is 6.07 Å². The number of nitrogens with zero attached hydrogens (tertiary/aromatic N) is 1. The molecule has 3 unspecified atom stereocenters. The van der Waals surface area contributed by atoms with E-state index >= 15 is 0 Å². The molecule has 3 aliphatic rings. The third-order valence-electron chi connectivity index (χ3n) is 6.60. The number of hydrogen-bond donors (Lipinski definition) is 0. The molecule has 0 bridgehead atoms. The average Bonchev–Trinajstić information content (AvgIpc) is 2.71. The van der Waals surface area contributed by atoms with E-state index in [0.717, 1.165) is 56.9 Å². The van der Waals surface area contributed by atoms with Crippen LogP contribution in [0, 0.1) is 35.0 Å². The van der Waals surface area contributed by atoms with Crippen molar-refractivity contribution in [2.45, 2.75) is 63.0 Å². The summed E-state index contributed by atoms with van der Waals surface area (Å²) in [4.78, 5) is 0. The summed E-state index contributed by atoms with van der Waals surface area (Å²) >= 11 is 0. The molecule has 3 aliphatic carbocycles. The van der Waals surface area contributed by atoms with Crippen molar-refractivity contribution in [1.82, 2.24) is 0 Å². The van der Waals surface area contributed by atoms with Gasteiger partial charge in [-0.25, -0.2) is 8.42 Å². The van der Waals surface area contributed by atoms with Crippen LogP contribution in [0.5, 0.6) is 0 Å². The molecule has 3 rings (SSSR count). The van der Waals surface area contributed by atoms with E-state index in [0.29, 0.717) is 23.7 Å². The highest BCUT2D eigenvalue weighted by Crippen LogP contribution is 2.31. The fraction of sp³-hybridized carbons (Fsp3) is 0.625. The predicted molar refractivity (Wildman–Crippen MR) is 115 cm³/mol. The Morgan fingerprint density at radius 2 is 1.57 bits per heavy atom. The van der Waals surface area contributed by atoms with Crippen LogP contribution in [0.2, 0.25) is 0 Å². The molecule has 1 fully saturated rings. The van der Waals surface area contributed by atoms with Crippen LogP contribution in [0.25, 0.3) is 0 Å². The zero-order valence-corrected chi connectivity index (χ0v) is 17.8. The van der Waals surface area contributed by atoms with E-state index in [-0.39, 0.29) is 5.25 Å². The van der Waals surface area contributed by atoms with Gasteiger partial charge in [0.05, 0.1) is 11.3 Å². The van der Waals surface area contributed by atoms with Gasteiger partial charge in [-0.3, -0.25) is 0 Å².